The molecular formula is C9H14. The SMILES string of the molecule is [C]=C(C)CCC=C(C)C. The average molecular weight is 122 g/mol. The Morgan fingerprint density at radius 2 is 1.89 bits per heavy atom. The Labute approximate surface area is 58.3 Å². The molecule has 0 spiro atoms. The summed E-state index contributed by atoms with van der Waals surface area (Å²) in [4.78, 5) is 0. The summed E-state index contributed by atoms with van der Waals surface area (Å²) in [5.41, 5.74) is 2.11. The zero-order valence-corrected chi connectivity index (χ0v) is 6.49. The second-order valence-corrected chi connectivity index (χ2v) is 2.60. The molecule has 0 aromatic heterocycles. The summed E-state index contributed by atoms with van der Waals surface area (Å²) in [6, 6.07) is 0. The van der Waals surface area contributed by atoms with Gasteiger partial charge in [0.2, 0.25) is 0 Å². The molecule has 0 aliphatic carbocycles. The van der Waals surface area contributed by atoms with Crippen LogP contribution in [0.25, 0.3) is 0 Å². The van der Waals surface area contributed by atoms with Gasteiger partial charge in [0.25, 0.3) is 0 Å². The Hall–Kier alpha value is -0.520. The van der Waals surface area contributed by atoms with Crippen molar-refractivity contribution in [3.05, 3.63) is 23.8 Å². The van der Waals surface area contributed by atoms with Gasteiger partial charge < -0.3 is 0 Å². The van der Waals surface area contributed by atoms with Crippen LogP contribution in [-0.2, 0) is 0 Å². The molecule has 50 valence electrons. The van der Waals surface area contributed by atoms with E-state index >= 15 is 0 Å². The van der Waals surface area contributed by atoms with E-state index in [2.05, 4.69) is 19.9 Å². The summed E-state index contributed by atoms with van der Waals surface area (Å²) < 4.78 is 0. The fraction of sp³-hybridized carbons (Fsp3) is 0.556. The minimum atomic E-state index is 0.771. The van der Waals surface area contributed by atoms with E-state index in [9.17, 15) is 0 Å². The third-order valence-corrected chi connectivity index (χ3v) is 1.07. The van der Waals surface area contributed by atoms with Gasteiger partial charge >= 0.3 is 0 Å². The quantitative estimate of drug-likeness (QED) is 0.505. The molecule has 0 N–H and O–H groups in total. The average Bonchev–Trinajstić information content (AvgIpc) is 1.63. The van der Waals surface area contributed by atoms with Crippen LogP contribution >= 0.6 is 0 Å². The Morgan fingerprint density at radius 1 is 1.33 bits per heavy atom. The predicted molar refractivity (Wildman–Crippen MR) is 41.1 cm³/mol. The molecule has 0 amide bonds. The van der Waals surface area contributed by atoms with Gasteiger partial charge in [-0.15, -0.1) is 0 Å². The van der Waals surface area contributed by atoms with Gasteiger partial charge in [0.05, 0.1) is 0 Å². The molecule has 0 saturated heterocycles. The molecule has 9 heavy (non-hydrogen) atoms. The molecular weight excluding hydrogens is 108 g/mol. The molecule has 0 aromatic carbocycles. The highest BCUT2D eigenvalue weighted by molar-refractivity contribution is 4.96. The van der Waals surface area contributed by atoms with Crippen LogP contribution < -0.4 is 0 Å². The van der Waals surface area contributed by atoms with Crippen molar-refractivity contribution in [3.63, 3.8) is 0 Å². The minimum Gasteiger partial charge on any atom is -0.0856 e. The summed E-state index contributed by atoms with van der Waals surface area (Å²) in [5, 5.41) is 0. The molecule has 0 atom stereocenters. The Balaban J connectivity index is 3.31. The van der Waals surface area contributed by atoms with Crippen LogP contribution in [-0.4, -0.2) is 0 Å². The van der Waals surface area contributed by atoms with Crippen LogP contribution in [0.3, 0.4) is 0 Å². The van der Waals surface area contributed by atoms with Crippen LogP contribution in [0.4, 0.5) is 0 Å². The lowest BCUT2D eigenvalue weighted by Gasteiger charge is -1.92. The van der Waals surface area contributed by atoms with E-state index in [1.807, 2.05) is 6.92 Å². The van der Waals surface area contributed by atoms with E-state index in [-0.39, 0.29) is 0 Å². The fourth-order valence-electron chi connectivity index (χ4n) is 0.577. The van der Waals surface area contributed by atoms with Gasteiger partial charge in [0.1, 0.15) is 0 Å². The first kappa shape index (κ1) is 8.48. The maximum absolute atomic E-state index is 7.11. The molecule has 0 unspecified atom stereocenters. The maximum atomic E-state index is 7.11. The van der Waals surface area contributed by atoms with Gasteiger partial charge in [-0.3, -0.25) is 0 Å². The van der Waals surface area contributed by atoms with Crippen molar-refractivity contribution >= 4 is 0 Å². The van der Waals surface area contributed by atoms with E-state index in [1.165, 1.54) is 5.57 Å². The first-order chi connectivity index (χ1) is 4.13. The maximum Gasteiger partial charge on any atom is -0.0111 e. The molecule has 0 fully saturated rings. The zero-order valence-electron chi connectivity index (χ0n) is 6.49. The van der Waals surface area contributed by atoms with E-state index in [1.54, 1.807) is 0 Å². The molecule has 0 heterocycles. The lowest BCUT2D eigenvalue weighted by molar-refractivity contribution is 0.969. The number of hydrogen-bond donors (Lipinski definition) is 0. The summed E-state index contributed by atoms with van der Waals surface area (Å²) in [6.45, 7) is 13.1. The Kier molecular flexibility index (Phi) is 4.12. The topological polar surface area (TPSA) is 0 Å². The van der Waals surface area contributed by atoms with E-state index < -0.39 is 0 Å². The van der Waals surface area contributed by atoms with Gasteiger partial charge in [-0.1, -0.05) is 17.2 Å². The molecule has 0 nitrogen and oxygen atoms in total. The molecule has 0 saturated carbocycles. The third-order valence-electron chi connectivity index (χ3n) is 1.07. The second kappa shape index (κ2) is 4.37. The number of rotatable bonds is 3. The highest BCUT2D eigenvalue weighted by Gasteiger charge is 1.83. The summed E-state index contributed by atoms with van der Waals surface area (Å²) in [5.74, 6) is 0. The van der Waals surface area contributed by atoms with Gasteiger partial charge in [-0.05, 0) is 40.2 Å². The fourth-order valence-corrected chi connectivity index (χ4v) is 0.577. The van der Waals surface area contributed by atoms with Crippen molar-refractivity contribution in [2.75, 3.05) is 0 Å². The van der Waals surface area contributed by atoms with Crippen LogP contribution in [0.2, 0.25) is 0 Å². The van der Waals surface area contributed by atoms with Crippen molar-refractivity contribution in [3.8, 4) is 0 Å². The highest BCUT2D eigenvalue weighted by Crippen LogP contribution is 2.02. The molecule has 0 aliphatic rings. The lowest BCUT2D eigenvalue weighted by atomic mass is 10.1. The molecule has 0 bridgehead atoms. The zero-order chi connectivity index (χ0) is 7.28. The van der Waals surface area contributed by atoms with Crippen molar-refractivity contribution < 1.29 is 0 Å². The monoisotopic (exact) mass is 122 g/mol. The molecule has 0 aromatic rings. The number of hydrogen-bond acceptors (Lipinski definition) is 0. The smallest absolute Gasteiger partial charge is 0.0111 e. The van der Waals surface area contributed by atoms with E-state index in [4.69, 9.17) is 6.58 Å². The van der Waals surface area contributed by atoms with Crippen LogP contribution in [0.5, 0.6) is 0 Å². The van der Waals surface area contributed by atoms with Gasteiger partial charge in [-0.25, -0.2) is 0 Å². The lowest BCUT2D eigenvalue weighted by Crippen LogP contribution is -1.72. The van der Waals surface area contributed by atoms with Crippen molar-refractivity contribution in [2.45, 2.75) is 33.6 Å². The predicted octanol–water partition coefficient (Wildman–Crippen LogP) is 2.99. The first-order valence-electron chi connectivity index (χ1n) is 3.30. The van der Waals surface area contributed by atoms with E-state index in [0.717, 1.165) is 18.4 Å². The molecule has 0 aliphatic heterocycles. The van der Waals surface area contributed by atoms with Gasteiger partial charge in [-0.2, -0.15) is 0 Å². The minimum absolute atomic E-state index is 0.771. The van der Waals surface area contributed by atoms with Crippen LogP contribution in [0.15, 0.2) is 17.2 Å². The Morgan fingerprint density at radius 3 is 2.22 bits per heavy atom. The van der Waals surface area contributed by atoms with Crippen LogP contribution in [0, 0.1) is 6.58 Å². The van der Waals surface area contributed by atoms with E-state index in [0.29, 0.717) is 0 Å². The number of allylic oxidation sites excluding steroid dienone is 3. The Bertz CT molecular complexity index is 114. The first-order valence-corrected chi connectivity index (χ1v) is 3.30. The van der Waals surface area contributed by atoms with Gasteiger partial charge in [0, 0.05) is 0 Å². The highest BCUT2D eigenvalue weighted by atomic mass is 13.9. The normalized spacial score (nSPS) is 8.78. The summed E-state index contributed by atoms with van der Waals surface area (Å²) in [7, 11) is 0. The second-order valence-electron chi connectivity index (χ2n) is 2.60. The van der Waals surface area contributed by atoms with Crippen LogP contribution in [0.1, 0.15) is 33.6 Å². The van der Waals surface area contributed by atoms with Crippen molar-refractivity contribution in [2.24, 2.45) is 0 Å². The van der Waals surface area contributed by atoms with Crippen molar-refractivity contribution in [1.29, 1.82) is 0 Å². The summed E-state index contributed by atoms with van der Waals surface area (Å²) in [6.07, 6.45) is 4.10. The van der Waals surface area contributed by atoms with Crippen molar-refractivity contribution in [1.82, 2.24) is 0 Å². The summed E-state index contributed by atoms with van der Waals surface area (Å²) >= 11 is 0. The van der Waals surface area contributed by atoms with Gasteiger partial charge in [0.15, 0.2) is 0 Å². The molecule has 2 radical (unpaired) electrons. The third kappa shape index (κ3) is 7.48. The molecule has 0 rings (SSSR count). The largest absolute Gasteiger partial charge is 0.0856 e. The molecule has 0 heteroatoms. The standard InChI is InChI=1S/C9H14/c1-8(2)6-5-7-9(3)4/h6H,5,7H2,1-3H3.